The van der Waals surface area contributed by atoms with Gasteiger partial charge in [0.05, 0.1) is 12.1 Å². The predicted octanol–water partition coefficient (Wildman–Crippen LogP) is 3.18. The van der Waals surface area contributed by atoms with Gasteiger partial charge in [-0.05, 0) is 29.8 Å². The number of rotatable bonds is 4. The van der Waals surface area contributed by atoms with E-state index in [4.69, 9.17) is 30.5 Å². The molecule has 0 aromatic heterocycles. The van der Waals surface area contributed by atoms with Crippen LogP contribution in [0.1, 0.15) is 15.9 Å². The molecule has 6 nitrogen and oxygen atoms in total. The first-order valence-corrected chi connectivity index (χ1v) is 7.59. The number of phenolic OH excluding ortho intramolecular Hbond substituents is 1. The summed E-state index contributed by atoms with van der Waals surface area (Å²) in [4.78, 5) is 12.2. The fraction of sp³-hybridized carbons (Fsp3) is 0.235. The number of hydrogen-bond donors (Lipinski definition) is 1. The third kappa shape index (κ3) is 3.19. The molecule has 24 heavy (non-hydrogen) atoms. The number of hydrogen-bond acceptors (Lipinski definition) is 6. The Balaban J connectivity index is 1.74. The molecule has 0 radical (unpaired) electrons. The van der Waals surface area contributed by atoms with Crippen LogP contribution in [0.15, 0.2) is 30.3 Å². The van der Waals surface area contributed by atoms with Crippen LogP contribution in [-0.2, 0) is 11.3 Å². The molecule has 2 aromatic carbocycles. The maximum Gasteiger partial charge on any atom is 0.342 e. The van der Waals surface area contributed by atoms with E-state index in [2.05, 4.69) is 0 Å². The Kier molecular flexibility index (Phi) is 4.66. The van der Waals surface area contributed by atoms with Crippen LogP contribution in [0.2, 0.25) is 5.02 Å². The average molecular weight is 351 g/mol. The Morgan fingerprint density at radius 1 is 1.29 bits per heavy atom. The molecule has 0 saturated heterocycles. The van der Waals surface area contributed by atoms with Crippen LogP contribution >= 0.6 is 11.6 Å². The van der Waals surface area contributed by atoms with E-state index in [1.807, 2.05) is 0 Å². The van der Waals surface area contributed by atoms with Crippen LogP contribution in [0.4, 0.5) is 0 Å². The summed E-state index contributed by atoms with van der Waals surface area (Å²) < 4.78 is 21.1. The Morgan fingerprint density at radius 3 is 2.88 bits per heavy atom. The molecule has 3 rings (SSSR count). The van der Waals surface area contributed by atoms with Crippen LogP contribution in [0, 0.1) is 0 Å². The van der Waals surface area contributed by atoms with Crippen molar-refractivity contribution in [3.05, 3.63) is 46.5 Å². The number of para-hydroxylation sites is 1. The number of esters is 1. The third-order valence-corrected chi connectivity index (χ3v) is 3.75. The lowest BCUT2D eigenvalue weighted by Crippen LogP contribution is -2.16. The molecule has 0 unspecified atom stereocenters. The lowest BCUT2D eigenvalue weighted by molar-refractivity contribution is 0.0468. The van der Waals surface area contributed by atoms with Crippen molar-refractivity contribution in [3.8, 4) is 23.0 Å². The topological polar surface area (TPSA) is 74.2 Å². The van der Waals surface area contributed by atoms with Gasteiger partial charge in [-0.2, -0.15) is 0 Å². The lowest BCUT2D eigenvalue weighted by atomic mass is 10.2. The van der Waals surface area contributed by atoms with Crippen molar-refractivity contribution in [2.24, 2.45) is 0 Å². The van der Waals surface area contributed by atoms with Crippen LogP contribution in [0.3, 0.4) is 0 Å². The highest BCUT2D eigenvalue weighted by atomic mass is 35.5. The summed E-state index contributed by atoms with van der Waals surface area (Å²) in [5.74, 6) is 0.280. The van der Waals surface area contributed by atoms with Crippen molar-refractivity contribution in [2.45, 2.75) is 6.61 Å². The molecule has 0 spiro atoms. The standard InChI is InChI=1S/C17H15ClO6/c1-21-13-4-2-3-11(15(13)19)17(20)24-9-10-7-12(18)16-14(8-10)22-5-6-23-16/h2-4,7-8,19H,5-6,9H2,1H3. The van der Waals surface area contributed by atoms with Gasteiger partial charge in [-0.25, -0.2) is 4.79 Å². The van der Waals surface area contributed by atoms with Crippen LogP contribution in [0.5, 0.6) is 23.0 Å². The van der Waals surface area contributed by atoms with Gasteiger partial charge in [0, 0.05) is 0 Å². The zero-order chi connectivity index (χ0) is 17.1. The fourth-order valence-electron chi connectivity index (χ4n) is 2.33. The average Bonchev–Trinajstić information content (AvgIpc) is 2.60. The summed E-state index contributed by atoms with van der Waals surface area (Å²) in [7, 11) is 1.40. The molecule has 126 valence electrons. The molecule has 0 fully saturated rings. The summed E-state index contributed by atoms with van der Waals surface area (Å²) in [6.45, 7) is 0.853. The number of carbonyl (C=O) groups excluding carboxylic acids is 1. The second kappa shape index (κ2) is 6.88. The third-order valence-electron chi connectivity index (χ3n) is 3.47. The maximum absolute atomic E-state index is 12.2. The van der Waals surface area contributed by atoms with Gasteiger partial charge in [0.25, 0.3) is 0 Å². The minimum Gasteiger partial charge on any atom is -0.504 e. The Morgan fingerprint density at radius 2 is 2.08 bits per heavy atom. The molecule has 1 aliphatic rings. The second-order valence-electron chi connectivity index (χ2n) is 5.03. The second-order valence-corrected chi connectivity index (χ2v) is 5.44. The van der Waals surface area contributed by atoms with Crippen LogP contribution < -0.4 is 14.2 Å². The molecular weight excluding hydrogens is 336 g/mol. The molecular formula is C17H15ClO6. The Hall–Kier alpha value is -2.60. The van der Waals surface area contributed by atoms with E-state index < -0.39 is 5.97 Å². The first-order chi connectivity index (χ1) is 11.6. The van der Waals surface area contributed by atoms with Gasteiger partial charge in [-0.3, -0.25) is 0 Å². The normalized spacial score (nSPS) is 12.6. The van der Waals surface area contributed by atoms with Gasteiger partial charge >= 0.3 is 5.97 Å². The van der Waals surface area contributed by atoms with Crippen molar-refractivity contribution in [3.63, 3.8) is 0 Å². The number of phenols is 1. The molecule has 0 aliphatic carbocycles. The summed E-state index contributed by atoms with van der Waals surface area (Å²) >= 11 is 6.14. The monoisotopic (exact) mass is 350 g/mol. The quantitative estimate of drug-likeness (QED) is 0.854. The number of carbonyl (C=O) groups is 1. The summed E-state index contributed by atoms with van der Waals surface area (Å²) in [6, 6.07) is 7.95. The number of halogens is 1. The molecule has 0 saturated carbocycles. The smallest absolute Gasteiger partial charge is 0.342 e. The Bertz CT molecular complexity index is 774. The van der Waals surface area contributed by atoms with Crippen LogP contribution in [-0.4, -0.2) is 31.4 Å². The highest BCUT2D eigenvalue weighted by Gasteiger charge is 2.19. The SMILES string of the molecule is COc1cccc(C(=O)OCc2cc(Cl)c3c(c2)OCCO3)c1O. The minimum atomic E-state index is -0.669. The van der Waals surface area contributed by atoms with E-state index in [1.165, 1.54) is 13.2 Å². The highest BCUT2D eigenvalue weighted by Crippen LogP contribution is 2.38. The maximum atomic E-state index is 12.2. The molecule has 0 atom stereocenters. The highest BCUT2D eigenvalue weighted by molar-refractivity contribution is 6.32. The van der Waals surface area contributed by atoms with Crippen molar-refractivity contribution in [1.82, 2.24) is 0 Å². The van der Waals surface area contributed by atoms with E-state index in [-0.39, 0.29) is 23.7 Å². The predicted molar refractivity (Wildman–Crippen MR) is 86.2 cm³/mol. The molecule has 1 aliphatic heterocycles. The first-order valence-electron chi connectivity index (χ1n) is 7.21. The van der Waals surface area contributed by atoms with Crippen molar-refractivity contribution in [2.75, 3.05) is 20.3 Å². The number of aromatic hydroxyl groups is 1. The van der Waals surface area contributed by atoms with Crippen molar-refractivity contribution < 1.29 is 28.8 Å². The van der Waals surface area contributed by atoms with E-state index in [0.29, 0.717) is 35.3 Å². The summed E-state index contributed by atoms with van der Waals surface area (Å²) in [5, 5.41) is 10.4. The minimum absolute atomic E-state index is 0.0220. The number of methoxy groups -OCH3 is 1. The van der Waals surface area contributed by atoms with Gasteiger partial charge in [0.1, 0.15) is 25.4 Å². The lowest BCUT2D eigenvalue weighted by Gasteiger charge is -2.20. The van der Waals surface area contributed by atoms with Gasteiger partial charge in [-0.15, -0.1) is 0 Å². The van der Waals surface area contributed by atoms with Gasteiger partial charge in [0.15, 0.2) is 23.0 Å². The molecule has 7 heteroatoms. The van der Waals surface area contributed by atoms with Gasteiger partial charge in [-0.1, -0.05) is 17.7 Å². The van der Waals surface area contributed by atoms with Crippen molar-refractivity contribution >= 4 is 17.6 Å². The zero-order valence-corrected chi connectivity index (χ0v) is 13.6. The first kappa shape index (κ1) is 16.3. The summed E-state index contributed by atoms with van der Waals surface area (Å²) in [5.41, 5.74) is 0.679. The molecule has 2 aromatic rings. The number of benzene rings is 2. The van der Waals surface area contributed by atoms with Crippen LogP contribution in [0.25, 0.3) is 0 Å². The number of ether oxygens (including phenoxy) is 4. The van der Waals surface area contributed by atoms with Crippen molar-refractivity contribution in [1.29, 1.82) is 0 Å². The fourth-order valence-corrected chi connectivity index (χ4v) is 2.61. The molecule has 1 N–H and O–H groups in total. The zero-order valence-electron chi connectivity index (χ0n) is 12.9. The van der Waals surface area contributed by atoms with E-state index in [0.717, 1.165) is 0 Å². The molecule has 0 amide bonds. The largest absolute Gasteiger partial charge is 0.504 e. The van der Waals surface area contributed by atoms with E-state index >= 15 is 0 Å². The van der Waals surface area contributed by atoms with Gasteiger partial charge in [0.2, 0.25) is 0 Å². The van der Waals surface area contributed by atoms with E-state index in [1.54, 1.807) is 24.3 Å². The summed E-state index contributed by atoms with van der Waals surface area (Å²) in [6.07, 6.45) is 0. The van der Waals surface area contributed by atoms with Gasteiger partial charge < -0.3 is 24.1 Å². The molecule has 0 bridgehead atoms. The molecule has 1 heterocycles. The number of fused-ring (bicyclic) bond motifs is 1. The van der Waals surface area contributed by atoms with E-state index in [9.17, 15) is 9.90 Å². The Labute approximate surface area is 143 Å².